The molecule has 2 rings (SSSR count). The summed E-state index contributed by atoms with van der Waals surface area (Å²) in [7, 11) is 0. The fourth-order valence-corrected chi connectivity index (χ4v) is 2.09. The minimum atomic E-state index is -0.186. The first-order valence-electron chi connectivity index (χ1n) is 5.80. The average Bonchev–Trinajstić information content (AvgIpc) is 2.56. The summed E-state index contributed by atoms with van der Waals surface area (Å²) >= 11 is 0. The summed E-state index contributed by atoms with van der Waals surface area (Å²) in [5, 5.41) is 0. The standard InChI is InChI=1S/C13H16N2O2.ClH/c1-9(6-7-14)8-15-12(16)10-4-2-3-5-11(10)13(15)17;/h2-5,9H,6-8,14H2,1H3;1H. The number of hydrogen-bond acceptors (Lipinski definition) is 3. The Morgan fingerprint density at radius 3 is 2.11 bits per heavy atom. The van der Waals surface area contributed by atoms with Gasteiger partial charge in [0.1, 0.15) is 0 Å². The summed E-state index contributed by atoms with van der Waals surface area (Å²) in [6.45, 7) is 3.02. The fourth-order valence-electron chi connectivity index (χ4n) is 2.09. The topological polar surface area (TPSA) is 63.4 Å². The van der Waals surface area contributed by atoms with Crippen LogP contribution in [-0.2, 0) is 0 Å². The van der Waals surface area contributed by atoms with E-state index in [1.807, 2.05) is 6.92 Å². The lowest BCUT2D eigenvalue weighted by molar-refractivity contribution is 0.0631. The van der Waals surface area contributed by atoms with Crippen molar-refractivity contribution in [1.29, 1.82) is 0 Å². The van der Waals surface area contributed by atoms with Gasteiger partial charge in [-0.25, -0.2) is 0 Å². The van der Waals surface area contributed by atoms with Crippen molar-refractivity contribution in [2.75, 3.05) is 13.1 Å². The van der Waals surface area contributed by atoms with Gasteiger partial charge in [-0.1, -0.05) is 19.1 Å². The number of carbonyl (C=O) groups excluding carboxylic acids is 2. The first-order chi connectivity index (χ1) is 8.15. The average molecular weight is 269 g/mol. The highest BCUT2D eigenvalue weighted by Gasteiger charge is 2.35. The lowest BCUT2D eigenvalue weighted by atomic mass is 10.1. The van der Waals surface area contributed by atoms with Crippen LogP contribution in [0.3, 0.4) is 0 Å². The van der Waals surface area contributed by atoms with Crippen LogP contribution in [0.15, 0.2) is 24.3 Å². The first-order valence-corrected chi connectivity index (χ1v) is 5.80. The molecule has 4 nitrogen and oxygen atoms in total. The van der Waals surface area contributed by atoms with Crippen LogP contribution >= 0.6 is 12.4 Å². The maximum atomic E-state index is 12.0. The molecule has 2 N–H and O–H groups in total. The minimum absolute atomic E-state index is 0. The fraction of sp³-hybridized carbons (Fsp3) is 0.385. The lowest BCUT2D eigenvalue weighted by Crippen LogP contribution is -2.34. The van der Waals surface area contributed by atoms with E-state index in [0.29, 0.717) is 24.2 Å². The number of carbonyl (C=O) groups is 2. The second-order valence-corrected chi connectivity index (χ2v) is 4.45. The van der Waals surface area contributed by atoms with E-state index in [2.05, 4.69) is 0 Å². The maximum absolute atomic E-state index is 12.0. The number of amides is 2. The van der Waals surface area contributed by atoms with Crippen molar-refractivity contribution >= 4 is 24.2 Å². The summed E-state index contributed by atoms with van der Waals surface area (Å²) < 4.78 is 0. The highest BCUT2D eigenvalue weighted by Crippen LogP contribution is 2.23. The van der Waals surface area contributed by atoms with Gasteiger partial charge in [-0.15, -0.1) is 12.4 Å². The lowest BCUT2D eigenvalue weighted by Gasteiger charge is -2.18. The van der Waals surface area contributed by atoms with Gasteiger partial charge in [0, 0.05) is 6.54 Å². The molecule has 0 bridgehead atoms. The molecule has 0 fully saturated rings. The van der Waals surface area contributed by atoms with Gasteiger partial charge in [-0.2, -0.15) is 0 Å². The molecule has 1 aliphatic rings. The maximum Gasteiger partial charge on any atom is 0.261 e. The highest BCUT2D eigenvalue weighted by molar-refractivity contribution is 6.21. The van der Waals surface area contributed by atoms with E-state index >= 15 is 0 Å². The van der Waals surface area contributed by atoms with Crippen molar-refractivity contribution in [2.24, 2.45) is 11.7 Å². The van der Waals surface area contributed by atoms with Crippen LogP contribution in [0.4, 0.5) is 0 Å². The molecule has 1 aliphatic heterocycles. The Kier molecular flexibility index (Phi) is 4.87. The van der Waals surface area contributed by atoms with Gasteiger partial charge < -0.3 is 5.73 Å². The van der Waals surface area contributed by atoms with Crippen molar-refractivity contribution < 1.29 is 9.59 Å². The Bertz CT molecular complexity index is 427. The van der Waals surface area contributed by atoms with E-state index < -0.39 is 0 Å². The van der Waals surface area contributed by atoms with E-state index in [9.17, 15) is 9.59 Å². The Morgan fingerprint density at radius 2 is 1.67 bits per heavy atom. The summed E-state index contributed by atoms with van der Waals surface area (Å²) in [4.78, 5) is 25.4. The van der Waals surface area contributed by atoms with Gasteiger partial charge in [0.05, 0.1) is 11.1 Å². The number of benzene rings is 1. The number of nitrogens with two attached hydrogens (primary N) is 1. The molecule has 0 saturated carbocycles. The zero-order valence-electron chi connectivity index (χ0n) is 10.3. The number of nitrogens with zero attached hydrogens (tertiary/aromatic N) is 1. The van der Waals surface area contributed by atoms with Crippen molar-refractivity contribution in [1.82, 2.24) is 4.90 Å². The molecule has 1 aromatic carbocycles. The number of imide groups is 1. The third-order valence-corrected chi connectivity index (χ3v) is 3.03. The van der Waals surface area contributed by atoms with Crippen LogP contribution in [-0.4, -0.2) is 29.8 Å². The second kappa shape index (κ2) is 5.98. The summed E-state index contributed by atoms with van der Waals surface area (Å²) in [6, 6.07) is 6.94. The molecule has 1 heterocycles. The number of rotatable bonds is 4. The molecule has 0 aliphatic carbocycles. The van der Waals surface area contributed by atoms with Gasteiger partial charge >= 0.3 is 0 Å². The van der Waals surface area contributed by atoms with Crippen LogP contribution < -0.4 is 5.73 Å². The molecule has 0 aromatic heterocycles. The summed E-state index contributed by atoms with van der Waals surface area (Å²) in [6.07, 6.45) is 0.813. The van der Waals surface area contributed by atoms with Crippen LogP contribution in [0.2, 0.25) is 0 Å². The van der Waals surface area contributed by atoms with Gasteiger partial charge in [0.25, 0.3) is 11.8 Å². The van der Waals surface area contributed by atoms with Gasteiger partial charge in [-0.3, -0.25) is 14.5 Å². The smallest absolute Gasteiger partial charge is 0.261 e. The van der Waals surface area contributed by atoms with E-state index in [0.717, 1.165) is 6.42 Å². The first kappa shape index (κ1) is 14.7. The molecule has 5 heteroatoms. The van der Waals surface area contributed by atoms with E-state index in [-0.39, 0.29) is 30.1 Å². The van der Waals surface area contributed by atoms with E-state index in [1.54, 1.807) is 24.3 Å². The molecule has 98 valence electrons. The normalized spacial score (nSPS) is 15.3. The third-order valence-electron chi connectivity index (χ3n) is 3.03. The largest absolute Gasteiger partial charge is 0.330 e. The summed E-state index contributed by atoms with van der Waals surface area (Å²) in [5.41, 5.74) is 6.49. The zero-order valence-corrected chi connectivity index (χ0v) is 11.1. The van der Waals surface area contributed by atoms with Gasteiger partial charge in [0.15, 0.2) is 0 Å². The van der Waals surface area contributed by atoms with Crippen molar-refractivity contribution in [3.63, 3.8) is 0 Å². The van der Waals surface area contributed by atoms with Crippen LogP contribution in [0.1, 0.15) is 34.1 Å². The monoisotopic (exact) mass is 268 g/mol. The molecule has 1 atom stereocenters. The van der Waals surface area contributed by atoms with Crippen LogP contribution in [0, 0.1) is 5.92 Å². The molecule has 1 aromatic rings. The Hall–Kier alpha value is -1.39. The molecule has 0 spiro atoms. The molecule has 2 amide bonds. The molecule has 18 heavy (non-hydrogen) atoms. The predicted octanol–water partition coefficient (Wildman–Crippen LogP) is 1.69. The zero-order chi connectivity index (χ0) is 12.4. The van der Waals surface area contributed by atoms with Crippen molar-refractivity contribution in [3.05, 3.63) is 35.4 Å². The minimum Gasteiger partial charge on any atom is -0.330 e. The molecular weight excluding hydrogens is 252 g/mol. The van der Waals surface area contributed by atoms with Gasteiger partial charge in [0.2, 0.25) is 0 Å². The molecule has 0 radical (unpaired) electrons. The van der Waals surface area contributed by atoms with Crippen molar-refractivity contribution in [3.8, 4) is 0 Å². The van der Waals surface area contributed by atoms with Gasteiger partial charge in [-0.05, 0) is 31.0 Å². The third kappa shape index (κ3) is 2.54. The number of hydrogen-bond donors (Lipinski definition) is 1. The Balaban J connectivity index is 0.00000162. The highest BCUT2D eigenvalue weighted by atomic mass is 35.5. The summed E-state index contributed by atoms with van der Waals surface area (Å²) in [5.74, 6) is -0.133. The van der Waals surface area contributed by atoms with Crippen molar-refractivity contribution in [2.45, 2.75) is 13.3 Å². The number of fused-ring (bicyclic) bond motifs is 1. The molecule has 1 unspecified atom stereocenters. The number of halogens is 1. The molecule has 0 saturated heterocycles. The van der Waals surface area contributed by atoms with E-state index in [1.165, 1.54) is 4.90 Å². The van der Waals surface area contributed by atoms with E-state index in [4.69, 9.17) is 5.73 Å². The van der Waals surface area contributed by atoms with Crippen LogP contribution in [0.25, 0.3) is 0 Å². The predicted molar refractivity (Wildman–Crippen MR) is 71.9 cm³/mol. The van der Waals surface area contributed by atoms with Crippen LogP contribution in [0.5, 0.6) is 0 Å². The Morgan fingerprint density at radius 1 is 1.17 bits per heavy atom. The quantitative estimate of drug-likeness (QED) is 0.845. The Labute approximate surface area is 113 Å². The second-order valence-electron chi connectivity index (χ2n) is 4.45. The molecular formula is C13H17ClN2O2. The SMILES string of the molecule is CC(CCN)CN1C(=O)c2ccccc2C1=O.Cl.